The fraction of sp³-hybridized carbons (Fsp3) is 0.273. The standard InChI is InChI=1S/C22H23FN2O2/c1-15-17(13-18(14-20(15)23)21(26)27-22(2,3)4)12-16-6-8-19(9-7-16)25-11-5-10-24-25/h5-11,13-14H,12H2,1-4H3. The zero-order chi connectivity index (χ0) is 19.6. The lowest BCUT2D eigenvalue weighted by molar-refractivity contribution is 0.00688. The van der Waals surface area contributed by atoms with E-state index in [4.69, 9.17) is 4.74 Å². The van der Waals surface area contributed by atoms with E-state index in [1.54, 1.807) is 44.6 Å². The highest BCUT2D eigenvalue weighted by Gasteiger charge is 2.20. The number of hydrogen-bond donors (Lipinski definition) is 0. The van der Waals surface area contributed by atoms with Crippen LogP contribution in [0.25, 0.3) is 5.69 Å². The van der Waals surface area contributed by atoms with E-state index in [0.29, 0.717) is 12.0 Å². The summed E-state index contributed by atoms with van der Waals surface area (Å²) in [4.78, 5) is 12.3. The van der Waals surface area contributed by atoms with Crippen LogP contribution in [0, 0.1) is 12.7 Å². The number of rotatable bonds is 4. The van der Waals surface area contributed by atoms with Gasteiger partial charge >= 0.3 is 5.97 Å². The number of aromatic nitrogens is 2. The monoisotopic (exact) mass is 366 g/mol. The molecule has 0 atom stereocenters. The summed E-state index contributed by atoms with van der Waals surface area (Å²) in [6.45, 7) is 7.09. The fourth-order valence-corrected chi connectivity index (χ4v) is 2.78. The molecule has 5 heteroatoms. The smallest absolute Gasteiger partial charge is 0.338 e. The molecule has 0 N–H and O–H groups in total. The van der Waals surface area contributed by atoms with Gasteiger partial charge in [-0.05, 0) is 81.1 Å². The van der Waals surface area contributed by atoms with Crippen molar-refractivity contribution >= 4 is 5.97 Å². The molecular formula is C22H23FN2O2. The Kier molecular flexibility index (Phi) is 5.13. The number of halogens is 1. The van der Waals surface area contributed by atoms with Crippen molar-refractivity contribution in [3.8, 4) is 5.69 Å². The highest BCUT2D eigenvalue weighted by Crippen LogP contribution is 2.22. The molecule has 0 radical (unpaired) electrons. The van der Waals surface area contributed by atoms with Crippen molar-refractivity contribution in [1.82, 2.24) is 9.78 Å². The van der Waals surface area contributed by atoms with Gasteiger partial charge in [-0.15, -0.1) is 0 Å². The van der Waals surface area contributed by atoms with Crippen LogP contribution in [0.2, 0.25) is 0 Å². The van der Waals surface area contributed by atoms with Crippen LogP contribution in [0.5, 0.6) is 0 Å². The molecule has 1 heterocycles. The summed E-state index contributed by atoms with van der Waals surface area (Å²) in [5.41, 5.74) is 2.89. The quantitative estimate of drug-likeness (QED) is 0.619. The van der Waals surface area contributed by atoms with E-state index in [-0.39, 0.29) is 5.56 Å². The third-order valence-corrected chi connectivity index (χ3v) is 4.19. The van der Waals surface area contributed by atoms with Gasteiger partial charge in [0.15, 0.2) is 0 Å². The van der Waals surface area contributed by atoms with Gasteiger partial charge in [0.05, 0.1) is 11.3 Å². The van der Waals surface area contributed by atoms with Gasteiger partial charge in [0.25, 0.3) is 0 Å². The second-order valence-electron chi connectivity index (χ2n) is 7.54. The Hall–Kier alpha value is -2.95. The molecule has 0 saturated carbocycles. The van der Waals surface area contributed by atoms with Crippen LogP contribution in [0.4, 0.5) is 4.39 Å². The molecule has 0 saturated heterocycles. The number of hydrogen-bond acceptors (Lipinski definition) is 3. The summed E-state index contributed by atoms with van der Waals surface area (Å²) >= 11 is 0. The van der Waals surface area contributed by atoms with E-state index in [2.05, 4.69) is 5.10 Å². The lowest BCUT2D eigenvalue weighted by Crippen LogP contribution is -2.24. The molecule has 0 fully saturated rings. The van der Waals surface area contributed by atoms with Gasteiger partial charge in [0.1, 0.15) is 11.4 Å². The lowest BCUT2D eigenvalue weighted by atomic mass is 9.97. The van der Waals surface area contributed by atoms with E-state index in [9.17, 15) is 9.18 Å². The average molecular weight is 366 g/mol. The molecule has 3 aromatic rings. The topological polar surface area (TPSA) is 44.1 Å². The Balaban J connectivity index is 1.85. The Morgan fingerprint density at radius 3 is 2.48 bits per heavy atom. The van der Waals surface area contributed by atoms with Crippen LogP contribution in [-0.4, -0.2) is 21.4 Å². The van der Waals surface area contributed by atoms with Crippen molar-refractivity contribution < 1.29 is 13.9 Å². The first kappa shape index (κ1) is 18.8. The second-order valence-corrected chi connectivity index (χ2v) is 7.54. The molecule has 0 bridgehead atoms. The van der Waals surface area contributed by atoms with Gasteiger partial charge in [0, 0.05) is 12.4 Å². The van der Waals surface area contributed by atoms with E-state index in [0.717, 1.165) is 16.8 Å². The molecule has 0 aliphatic carbocycles. The third-order valence-electron chi connectivity index (χ3n) is 4.19. The number of nitrogens with zero attached hydrogens (tertiary/aromatic N) is 2. The Morgan fingerprint density at radius 1 is 1.19 bits per heavy atom. The Morgan fingerprint density at radius 2 is 1.89 bits per heavy atom. The first-order valence-corrected chi connectivity index (χ1v) is 8.84. The molecule has 0 aliphatic rings. The van der Waals surface area contributed by atoms with E-state index < -0.39 is 17.4 Å². The molecule has 140 valence electrons. The van der Waals surface area contributed by atoms with Crippen LogP contribution in [0.15, 0.2) is 54.9 Å². The molecule has 0 unspecified atom stereocenters. The molecule has 1 aromatic heterocycles. The molecular weight excluding hydrogens is 343 g/mol. The predicted octanol–water partition coefficient (Wildman–Crippen LogP) is 4.87. The zero-order valence-electron chi connectivity index (χ0n) is 16.0. The molecule has 0 spiro atoms. The maximum absolute atomic E-state index is 14.4. The van der Waals surface area contributed by atoms with Crippen LogP contribution >= 0.6 is 0 Å². The normalized spacial score (nSPS) is 11.4. The average Bonchev–Trinajstić information content (AvgIpc) is 3.12. The molecule has 0 aliphatic heterocycles. The highest BCUT2D eigenvalue weighted by atomic mass is 19.1. The van der Waals surface area contributed by atoms with Crippen molar-refractivity contribution in [2.75, 3.05) is 0 Å². The van der Waals surface area contributed by atoms with Gasteiger partial charge in [-0.2, -0.15) is 5.10 Å². The minimum absolute atomic E-state index is 0.233. The summed E-state index contributed by atoms with van der Waals surface area (Å²) in [7, 11) is 0. The van der Waals surface area contributed by atoms with Crippen LogP contribution < -0.4 is 0 Å². The van der Waals surface area contributed by atoms with Gasteiger partial charge in [-0.1, -0.05) is 12.1 Å². The highest BCUT2D eigenvalue weighted by molar-refractivity contribution is 5.90. The first-order chi connectivity index (χ1) is 12.7. The van der Waals surface area contributed by atoms with Crippen molar-refractivity contribution in [3.05, 3.63) is 82.9 Å². The zero-order valence-corrected chi connectivity index (χ0v) is 16.0. The van der Waals surface area contributed by atoms with Crippen molar-refractivity contribution in [2.24, 2.45) is 0 Å². The third kappa shape index (κ3) is 4.61. The first-order valence-electron chi connectivity index (χ1n) is 8.84. The number of esters is 1. The number of carbonyl (C=O) groups excluding carboxylic acids is 1. The summed E-state index contributed by atoms with van der Waals surface area (Å²) in [5, 5.41) is 4.20. The SMILES string of the molecule is Cc1c(F)cc(C(=O)OC(C)(C)C)cc1Cc1ccc(-n2cccn2)cc1. The largest absolute Gasteiger partial charge is 0.456 e. The number of ether oxygens (including phenoxy) is 1. The van der Waals surface area contributed by atoms with Gasteiger partial charge in [-0.3, -0.25) is 0 Å². The maximum Gasteiger partial charge on any atom is 0.338 e. The number of benzene rings is 2. The molecule has 0 amide bonds. The second kappa shape index (κ2) is 7.35. The Labute approximate surface area is 158 Å². The summed E-state index contributed by atoms with van der Waals surface area (Å²) < 4.78 is 21.5. The Bertz CT molecular complexity index is 940. The minimum Gasteiger partial charge on any atom is -0.456 e. The van der Waals surface area contributed by atoms with Gasteiger partial charge < -0.3 is 4.74 Å². The van der Waals surface area contributed by atoms with Gasteiger partial charge in [-0.25, -0.2) is 13.9 Å². The van der Waals surface area contributed by atoms with E-state index in [1.807, 2.05) is 36.5 Å². The van der Waals surface area contributed by atoms with Crippen molar-refractivity contribution in [2.45, 2.75) is 39.7 Å². The van der Waals surface area contributed by atoms with Crippen LogP contribution in [0.1, 0.15) is 47.8 Å². The van der Waals surface area contributed by atoms with Crippen LogP contribution in [-0.2, 0) is 11.2 Å². The summed E-state index contributed by atoms with van der Waals surface area (Å²) in [6, 6.07) is 12.7. The molecule has 4 nitrogen and oxygen atoms in total. The lowest BCUT2D eigenvalue weighted by Gasteiger charge is -2.20. The maximum atomic E-state index is 14.4. The minimum atomic E-state index is -0.624. The summed E-state index contributed by atoms with van der Waals surface area (Å²) in [6.07, 6.45) is 4.12. The van der Waals surface area contributed by atoms with Gasteiger partial charge in [0.2, 0.25) is 0 Å². The van der Waals surface area contributed by atoms with Crippen molar-refractivity contribution in [1.29, 1.82) is 0 Å². The van der Waals surface area contributed by atoms with Crippen LogP contribution in [0.3, 0.4) is 0 Å². The number of carbonyl (C=O) groups is 1. The van der Waals surface area contributed by atoms with E-state index >= 15 is 0 Å². The molecule has 27 heavy (non-hydrogen) atoms. The fourth-order valence-electron chi connectivity index (χ4n) is 2.78. The van der Waals surface area contributed by atoms with E-state index in [1.165, 1.54) is 6.07 Å². The predicted molar refractivity (Wildman–Crippen MR) is 103 cm³/mol. The van der Waals surface area contributed by atoms with Crippen molar-refractivity contribution in [3.63, 3.8) is 0 Å². The summed E-state index contributed by atoms with van der Waals surface area (Å²) in [5.74, 6) is -0.918. The molecule has 3 rings (SSSR count). The molecule has 2 aromatic carbocycles.